The number of piperidine rings is 1. The van der Waals surface area contributed by atoms with E-state index in [0.717, 1.165) is 24.7 Å². The third-order valence-corrected chi connectivity index (χ3v) is 5.13. The molecule has 0 aromatic heterocycles. The fourth-order valence-corrected chi connectivity index (χ4v) is 4.31. The van der Waals surface area contributed by atoms with Gasteiger partial charge in [0, 0.05) is 24.7 Å². The standard InChI is InChI=1S/C13H26N2S/c1-3-14-12-4-7-15(11(2)10-12)13-5-8-16-9-6-13/h11-14H,3-10H2,1-2H3. The van der Waals surface area contributed by atoms with Crippen molar-refractivity contribution in [2.24, 2.45) is 0 Å². The molecule has 0 aromatic carbocycles. The normalized spacial score (nSPS) is 34.1. The topological polar surface area (TPSA) is 15.3 Å². The second-order valence-corrected chi connectivity index (χ2v) is 6.43. The lowest BCUT2D eigenvalue weighted by atomic mass is 9.95. The smallest absolute Gasteiger partial charge is 0.0114 e. The van der Waals surface area contributed by atoms with Crippen LogP contribution in [0.3, 0.4) is 0 Å². The molecule has 2 saturated heterocycles. The molecule has 0 radical (unpaired) electrons. The molecule has 2 atom stereocenters. The van der Waals surface area contributed by atoms with Crippen LogP contribution in [0.2, 0.25) is 0 Å². The van der Waals surface area contributed by atoms with Gasteiger partial charge in [0.25, 0.3) is 0 Å². The maximum Gasteiger partial charge on any atom is 0.0114 e. The Kier molecular flexibility index (Phi) is 4.98. The highest BCUT2D eigenvalue weighted by molar-refractivity contribution is 7.99. The van der Waals surface area contributed by atoms with Gasteiger partial charge in [0.15, 0.2) is 0 Å². The molecule has 0 aromatic rings. The van der Waals surface area contributed by atoms with Gasteiger partial charge in [-0.15, -0.1) is 0 Å². The quantitative estimate of drug-likeness (QED) is 0.818. The first-order valence-electron chi connectivity index (χ1n) is 6.88. The average molecular weight is 242 g/mol. The van der Waals surface area contributed by atoms with Crippen LogP contribution in [0.1, 0.15) is 39.5 Å². The van der Waals surface area contributed by atoms with E-state index < -0.39 is 0 Å². The Labute approximate surface area is 105 Å². The first-order valence-corrected chi connectivity index (χ1v) is 8.03. The van der Waals surface area contributed by atoms with Gasteiger partial charge in [0.1, 0.15) is 0 Å². The summed E-state index contributed by atoms with van der Waals surface area (Å²) in [5.41, 5.74) is 0. The molecule has 0 amide bonds. The molecule has 2 rings (SSSR count). The van der Waals surface area contributed by atoms with Crippen molar-refractivity contribution in [2.45, 2.75) is 57.7 Å². The summed E-state index contributed by atoms with van der Waals surface area (Å²) >= 11 is 2.13. The highest BCUT2D eigenvalue weighted by Gasteiger charge is 2.30. The van der Waals surface area contributed by atoms with Crippen molar-refractivity contribution in [3.05, 3.63) is 0 Å². The predicted molar refractivity (Wildman–Crippen MR) is 73.2 cm³/mol. The van der Waals surface area contributed by atoms with E-state index in [1.165, 1.54) is 43.7 Å². The van der Waals surface area contributed by atoms with E-state index in [0.29, 0.717) is 0 Å². The van der Waals surface area contributed by atoms with Crippen LogP contribution in [0.15, 0.2) is 0 Å². The van der Waals surface area contributed by atoms with Crippen LogP contribution in [-0.4, -0.2) is 47.6 Å². The Hall–Kier alpha value is 0.270. The van der Waals surface area contributed by atoms with Crippen molar-refractivity contribution in [1.82, 2.24) is 10.2 Å². The second-order valence-electron chi connectivity index (χ2n) is 5.21. The summed E-state index contributed by atoms with van der Waals surface area (Å²) < 4.78 is 0. The van der Waals surface area contributed by atoms with Gasteiger partial charge in [-0.1, -0.05) is 6.92 Å². The second kappa shape index (κ2) is 6.27. The fraction of sp³-hybridized carbons (Fsp3) is 1.00. The number of likely N-dealkylation sites (tertiary alicyclic amines) is 1. The van der Waals surface area contributed by atoms with Crippen molar-refractivity contribution in [2.75, 3.05) is 24.6 Å². The molecule has 3 heteroatoms. The van der Waals surface area contributed by atoms with Crippen LogP contribution in [0.4, 0.5) is 0 Å². The zero-order chi connectivity index (χ0) is 11.4. The van der Waals surface area contributed by atoms with Crippen LogP contribution in [0, 0.1) is 0 Å². The molecule has 16 heavy (non-hydrogen) atoms. The van der Waals surface area contributed by atoms with Gasteiger partial charge in [-0.25, -0.2) is 0 Å². The molecule has 2 aliphatic heterocycles. The van der Waals surface area contributed by atoms with Gasteiger partial charge in [0.05, 0.1) is 0 Å². The fourth-order valence-electron chi connectivity index (χ4n) is 3.22. The molecule has 2 unspecified atom stereocenters. The van der Waals surface area contributed by atoms with Crippen molar-refractivity contribution in [3.63, 3.8) is 0 Å². The molecular formula is C13H26N2S. The summed E-state index contributed by atoms with van der Waals surface area (Å²) in [4.78, 5) is 2.79. The predicted octanol–water partition coefficient (Wildman–Crippen LogP) is 2.34. The van der Waals surface area contributed by atoms with Crippen molar-refractivity contribution in [1.29, 1.82) is 0 Å². The number of nitrogens with zero attached hydrogens (tertiary/aromatic N) is 1. The van der Waals surface area contributed by atoms with E-state index >= 15 is 0 Å². The maximum atomic E-state index is 3.61. The minimum absolute atomic E-state index is 0.772. The van der Waals surface area contributed by atoms with E-state index in [-0.39, 0.29) is 0 Å². The third kappa shape index (κ3) is 3.14. The minimum atomic E-state index is 0.772. The number of hydrogen-bond donors (Lipinski definition) is 1. The van der Waals surface area contributed by atoms with E-state index in [1.807, 2.05) is 0 Å². The summed E-state index contributed by atoms with van der Waals surface area (Å²) in [6.45, 7) is 7.08. The number of hydrogen-bond acceptors (Lipinski definition) is 3. The molecule has 2 nitrogen and oxygen atoms in total. The largest absolute Gasteiger partial charge is 0.314 e. The zero-order valence-electron chi connectivity index (χ0n) is 10.7. The lowest BCUT2D eigenvalue weighted by Gasteiger charge is -2.44. The third-order valence-electron chi connectivity index (χ3n) is 4.08. The number of thioether (sulfide) groups is 1. The Bertz CT molecular complexity index is 204. The Balaban J connectivity index is 1.83. The molecular weight excluding hydrogens is 216 g/mol. The monoisotopic (exact) mass is 242 g/mol. The summed E-state index contributed by atoms with van der Waals surface area (Å²) in [7, 11) is 0. The van der Waals surface area contributed by atoms with Gasteiger partial charge in [-0.05, 0) is 50.7 Å². The first-order chi connectivity index (χ1) is 7.81. The van der Waals surface area contributed by atoms with Crippen LogP contribution < -0.4 is 5.32 Å². The van der Waals surface area contributed by atoms with Gasteiger partial charge < -0.3 is 5.32 Å². The molecule has 2 aliphatic rings. The van der Waals surface area contributed by atoms with Crippen molar-refractivity contribution in [3.8, 4) is 0 Å². The molecule has 94 valence electrons. The molecule has 2 heterocycles. The minimum Gasteiger partial charge on any atom is -0.314 e. The highest BCUT2D eigenvalue weighted by atomic mass is 32.2. The maximum absolute atomic E-state index is 3.61. The van der Waals surface area contributed by atoms with E-state index in [4.69, 9.17) is 0 Å². The van der Waals surface area contributed by atoms with Crippen molar-refractivity contribution < 1.29 is 0 Å². The van der Waals surface area contributed by atoms with Crippen LogP contribution in [0.5, 0.6) is 0 Å². The SMILES string of the molecule is CCNC1CCN(C2CCSCC2)C(C)C1. The molecule has 0 bridgehead atoms. The van der Waals surface area contributed by atoms with Gasteiger partial charge >= 0.3 is 0 Å². The number of rotatable bonds is 3. The first kappa shape index (κ1) is 12.7. The van der Waals surface area contributed by atoms with E-state index in [1.54, 1.807) is 0 Å². The van der Waals surface area contributed by atoms with Crippen LogP contribution in [0.25, 0.3) is 0 Å². The lowest BCUT2D eigenvalue weighted by molar-refractivity contribution is 0.0833. The van der Waals surface area contributed by atoms with Gasteiger partial charge in [-0.3, -0.25) is 4.90 Å². The Morgan fingerprint density at radius 3 is 2.62 bits per heavy atom. The summed E-state index contributed by atoms with van der Waals surface area (Å²) in [6, 6.07) is 2.44. The molecule has 1 N–H and O–H groups in total. The molecule has 2 fully saturated rings. The zero-order valence-corrected chi connectivity index (χ0v) is 11.6. The van der Waals surface area contributed by atoms with Gasteiger partial charge in [0.2, 0.25) is 0 Å². The van der Waals surface area contributed by atoms with Gasteiger partial charge in [-0.2, -0.15) is 11.8 Å². The molecule has 0 aliphatic carbocycles. The van der Waals surface area contributed by atoms with E-state index in [2.05, 4.69) is 35.8 Å². The Morgan fingerprint density at radius 2 is 2.00 bits per heavy atom. The van der Waals surface area contributed by atoms with Crippen LogP contribution in [-0.2, 0) is 0 Å². The van der Waals surface area contributed by atoms with Crippen LogP contribution >= 0.6 is 11.8 Å². The molecule has 0 spiro atoms. The number of nitrogens with one attached hydrogen (secondary N) is 1. The molecule has 0 saturated carbocycles. The summed E-state index contributed by atoms with van der Waals surface area (Å²) in [5, 5.41) is 3.61. The lowest BCUT2D eigenvalue weighted by Crippen LogP contribution is -2.52. The van der Waals surface area contributed by atoms with E-state index in [9.17, 15) is 0 Å². The highest BCUT2D eigenvalue weighted by Crippen LogP contribution is 2.27. The summed E-state index contributed by atoms with van der Waals surface area (Å²) in [6.07, 6.45) is 5.53. The average Bonchev–Trinajstić information content (AvgIpc) is 2.31. The van der Waals surface area contributed by atoms with Crippen molar-refractivity contribution >= 4 is 11.8 Å². The Morgan fingerprint density at radius 1 is 1.25 bits per heavy atom. The summed E-state index contributed by atoms with van der Waals surface area (Å²) in [5.74, 6) is 2.76.